The van der Waals surface area contributed by atoms with Gasteiger partial charge >= 0.3 is 0 Å². The van der Waals surface area contributed by atoms with Crippen LogP contribution in [-0.2, 0) is 24.4 Å². The second-order valence-electron chi connectivity index (χ2n) is 7.35. The van der Waals surface area contributed by atoms with Gasteiger partial charge in [0.1, 0.15) is 17.7 Å². The third-order valence-electron chi connectivity index (χ3n) is 4.89. The van der Waals surface area contributed by atoms with Gasteiger partial charge in [0.2, 0.25) is 0 Å². The van der Waals surface area contributed by atoms with Crippen molar-refractivity contribution in [2.75, 3.05) is 19.8 Å². The van der Waals surface area contributed by atoms with Crippen LogP contribution in [0.1, 0.15) is 35.6 Å². The van der Waals surface area contributed by atoms with Gasteiger partial charge < -0.3 is 25.2 Å². The first-order valence-corrected chi connectivity index (χ1v) is 10.3. The fraction of sp³-hybridized carbons (Fsp3) is 0.435. The molecule has 0 amide bonds. The van der Waals surface area contributed by atoms with Crippen molar-refractivity contribution in [3.8, 4) is 5.75 Å². The van der Waals surface area contributed by atoms with Crippen molar-refractivity contribution in [3.63, 3.8) is 0 Å². The van der Waals surface area contributed by atoms with E-state index in [1.807, 2.05) is 19.9 Å². The molecule has 1 aliphatic heterocycles. The second kappa shape index (κ2) is 12.8. The molecule has 1 fully saturated rings. The lowest BCUT2D eigenvalue weighted by Crippen LogP contribution is -2.37. The van der Waals surface area contributed by atoms with Crippen LogP contribution >= 0.6 is 24.0 Å². The van der Waals surface area contributed by atoms with E-state index < -0.39 is 5.82 Å². The minimum Gasteiger partial charge on any atom is -0.488 e. The number of rotatable bonds is 8. The Kier molecular flexibility index (Phi) is 10.5. The quantitative estimate of drug-likeness (QED) is 0.269. The summed E-state index contributed by atoms with van der Waals surface area (Å²) in [5, 5.41) is 15.8. The summed E-state index contributed by atoms with van der Waals surface area (Å²) >= 11 is 0. The predicted octanol–water partition coefficient (Wildman–Crippen LogP) is 3.67. The average molecular weight is 543 g/mol. The Morgan fingerprint density at radius 1 is 1.23 bits per heavy atom. The number of ether oxygens (including phenoxy) is 2. The molecule has 1 saturated heterocycles. The Labute approximate surface area is 200 Å². The highest BCUT2D eigenvalue weighted by molar-refractivity contribution is 14.0. The molecule has 1 unspecified atom stereocenters. The maximum Gasteiger partial charge on any atom is 0.191 e. The molecule has 3 rings (SSSR count). The molecule has 2 aromatic rings. The molecule has 1 aliphatic rings. The van der Waals surface area contributed by atoms with Gasteiger partial charge in [0, 0.05) is 30.6 Å². The lowest BCUT2D eigenvalue weighted by atomic mass is 10.1. The monoisotopic (exact) mass is 543 g/mol. The first-order valence-electron chi connectivity index (χ1n) is 10.3. The maximum atomic E-state index is 13.6. The van der Waals surface area contributed by atoms with E-state index in [0.717, 1.165) is 35.5 Å². The number of aliphatic imine (C=N–C) groups is 1. The fourth-order valence-corrected chi connectivity index (χ4v) is 3.24. The minimum absolute atomic E-state index is 0. The van der Waals surface area contributed by atoms with E-state index in [4.69, 9.17) is 9.47 Å². The summed E-state index contributed by atoms with van der Waals surface area (Å²) in [7, 11) is 0. The van der Waals surface area contributed by atoms with Crippen LogP contribution in [0.4, 0.5) is 4.39 Å². The van der Waals surface area contributed by atoms with Crippen LogP contribution in [0.3, 0.4) is 0 Å². The van der Waals surface area contributed by atoms with Gasteiger partial charge in [-0.3, -0.25) is 0 Å². The number of benzene rings is 2. The van der Waals surface area contributed by atoms with E-state index in [1.165, 1.54) is 6.07 Å². The molecule has 3 N–H and O–H groups in total. The number of aliphatic hydroxyl groups is 1. The number of aliphatic hydroxyl groups excluding tert-OH is 1. The highest BCUT2D eigenvalue weighted by atomic mass is 127. The van der Waals surface area contributed by atoms with Gasteiger partial charge in [-0.1, -0.05) is 18.2 Å². The van der Waals surface area contributed by atoms with Gasteiger partial charge in [-0.2, -0.15) is 0 Å². The number of hydrogen-bond donors (Lipinski definition) is 3. The normalized spacial score (nSPS) is 16.0. The van der Waals surface area contributed by atoms with E-state index in [0.29, 0.717) is 32.2 Å². The molecule has 31 heavy (non-hydrogen) atoms. The molecule has 6 nitrogen and oxygen atoms in total. The number of aryl methyl sites for hydroxylation is 1. The van der Waals surface area contributed by atoms with Crippen molar-refractivity contribution in [3.05, 3.63) is 64.5 Å². The average Bonchev–Trinajstić information content (AvgIpc) is 3.25. The van der Waals surface area contributed by atoms with Crippen LogP contribution in [-0.4, -0.2) is 36.9 Å². The van der Waals surface area contributed by atoms with E-state index in [-0.39, 0.29) is 42.3 Å². The molecule has 0 bridgehead atoms. The van der Waals surface area contributed by atoms with Crippen LogP contribution in [0, 0.1) is 12.7 Å². The van der Waals surface area contributed by atoms with Crippen molar-refractivity contribution in [1.82, 2.24) is 10.6 Å². The molecule has 2 aromatic carbocycles. The minimum atomic E-state index is -0.408. The van der Waals surface area contributed by atoms with Crippen molar-refractivity contribution in [2.24, 2.45) is 4.99 Å². The molecular weight excluding hydrogens is 512 g/mol. The molecule has 0 radical (unpaired) electrons. The van der Waals surface area contributed by atoms with E-state index in [9.17, 15) is 9.50 Å². The fourth-order valence-electron chi connectivity index (χ4n) is 3.24. The zero-order valence-electron chi connectivity index (χ0n) is 18.0. The lowest BCUT2D eigenvalue weighted by Gasteiger charge is -2.18. The van der Waals surface area contributed by atoms with Gasteiger partial charge in [0.05, 0.1) is 26.4 Å². The first-order chi connectivity index (χ1) is 14.6. The number of halogens is 2. The summed E-state index contributed by atoms with van der Waals surface area (Å²) in [6.07, 6.45) is 0.991. The zero-order chi connectivity index (χ0) is 21.3. The molecule has 0 saturated carbocycles. The van der Waals surface area contributed by atoms with Gasteiger partial charge in [-0.25, -0.2) is 9.38 Å². The Morgan fingerprint density at radius 3 is 2.77 bits per heavy atom. The van der Waals surface area contributed by atoms with E-state index >= 15 is 0 Å². The number of hydrogen-bond acceptors (Lipinski definition) is 4. The van der Waals surface area contributed by atoms with Gasteiger partial charge in [0.15, 0.2) is 5.96 Å². The Morgan fingerprint density at radius 2 is 2.06 bits per heavy atom. The predicted molar refractivity (Wildman–Crippen MR) is 130 cm³/mol. The molecule has 170 valence electrons. The van der Waals surface area contributed by atoms with Crippen molar-refractivity contribution in [1.29, 1.82) is 0 Å². The van der Waals surface area contributed by atoms with E-state index in [1.54, 1.807) is 12.1 Å². The zero-order valence-corrected chi connectivity index (χ0v) is 20.3. The summed E-state index contributed by atoms with van der Waals surface area (Å²) in [5.74, 6) is 1.11. The summed E-state index contributed by atoms with van der Waals surface area (Å²) in [5.41, 5.74) is 3.29. The summed E-state index contributed by atoms with van der Waals surface area (Å²) in [4.78, 5) is 4.58. The molecule has 0 spiro atoms. The largest absolute Gasteiger partial charge is 0.488 e. The Bertz CT molecular complexity index is 873. The molecule has 8 heteroatoms. The standard InChI is InChI=1S/C23H30FN3O3.HI/c1-3-25-23(26-12-17-5-7-21(24)19(11-17)14-28)27-13-18-6-4-16(2)10-22(18)30-20-8-9-29-15-20;/h4-7,10-11,20,28H,3,8-9,12-15H2,1-2H3,(H2,25,26,27);1H. The summed E-state index contributed by atoms with van der Waals surface area (Å²) < 4.78 is 25.1. The smallest absolute Gasteiger partial charge is 0.191 e. The molecule has 1 heterocycles. The van der Waals surface area contributed by atoms with Gasteiger partial charge in [-0.05, 0) is 43.2 Å². The SMILES string of the molecule is CCNC(=NCc1ccc(F)c(CO)c1)NCc1ccc(C)cc1OC1CCOC1.I. The Hall–Kier alpha value is -1.91. The lowest BCUT2D eigenvalue weighted by molar-refractivity contribution is 0.140. The number of guanidine groups is 1. The van der Waals surface area contributed by atoms with Crippen LogP contribution in [0.15, 0.2) is 41.4 Å². The van der Waals surface area contributed by atoms with Crippen LogP contribution in [0.2, 0.25) is 0 Å². The van der Waals surface area contributed by atoms with Crippen LogP contribution in [0.25, 0.3) is 0 Å². The molecular formula is C23H31FIN3O3. The highest BCUT2D eigenvalue weighted by Crippen LogP contribution is 2.23. The second-order valence-corrected chi connectivity index (χ2v) is 7.35. The van der Waals surface area contributed by atoms with E-state index in [2.05, 4.69) is 27.8 Å². The molecule has 1 atom stereocenters. The van der Waals surface area contributed by atoms with Gasteiger partial charge in [0.25, 0.3) is 0 Å². The summed E-state index contributed by atoms with van der Waals surface area (Å²) in [6, 6.07) is 10.8. The van der Waals surface area contributed by atoms with Crippen molar-refractivity contribution < 1.29 is 19.0 Å². The first kappa shape index (κ1) is 25.4. The van der Waals surface area contributed by atoms with Crippen molar-refractivity contribution >= 4 is 29.9 Å². The van der Waals surface area contributed by atoms with Crippen molar-refractivity contribution in [2.45, 2.75) is 46.1 Å². The van der Waals surface area contributed by atoms with Gasteiger partial charge in [-0.15, -0.1) is 24.0 Å². The highest BCUT2D eigenvalue weighted by Gasteiger charge is 2.18. The number of nitrogens with one attached hydrogen (secondary N) is 2. The molecule has 0 aromatic heterocycles. The summed E-state index contributed by atoms with van der Waals surface area (Å²) in [6.45, 7) is 6.72. The van der Waals surface area contributed by atoms with Crippen LogP contribution < -0.4 is 15.4 Å². The third-order valence-corrected chi connectivity index (χ3v) is 4.89. The molecule has 0 aliphatic carbocycles. The number of nitrogens with zero attached hydrogens (tertiary/aromatic N) is 1. The third kappa shape index (κ3) is 7.62. The topological polar surface area (TPSA) is 75.1 Å². The Balaban J connectivity index is 0.00000341. The van der Waals surface area contributed by atoms with Crippen LogP contribution in [0.5, 0.6) is 5.75 Å². The maximum absolute atomic E-state index is 13.6.